The molecule has 0 aliphatic carbocycles. The summed E-state index contributed by atoms with van der Waals surface area (Å²) in [5, 5.41) is 11.6. The number of hydrogen-bond donors (Lipinski definition) is 1. The van der Waals surface area contributed by atoms with Gasteiger partial charge in [0.05, 0.1) is 11.6 Å². The molecule has 2 rings (SSSR count). The van der Waals surface area contributed by atoms with Crippen LogP contribution in [0.1, 0.15) is 23.1 Å². The number of nitrogens with zero attached hydrogens (tertiary/aromatic N) is 1. The Kier molecular flexibility index (Phi) is 6.90. The molecule has 130 valence electrons. The molecule has 0 atom stereocenters. The topological polar surface area (TPSA) is 62.1 Å². The molecule has 0 aromatic heterocycles. The Labute approximate surface area is 145 Å². The number of aryl methyl sites for hydroxylation is 1. The second-order valence-electron chi connectivity index (χ2n) is 5.43. The predicted octanol–water partition coefficient (Wildman–Crippen LogP) is 3.45. The van der Waals surface area contributed by atoms with E-state index >= 15 is 0 Å². The van der Waals surface area contributed by atoms with Gasteiger partial charge < -0.3 is 10.1 Å². The van der Waals surface area contributed by atoms with Crippen molar-refractivity contribution in [3.8, 4) is 11.8 Å². The molecule has 0 bridgehead atoms. The van der Waals surface area contributed by atoms with Gasteiger partial charge >= 0.3 is 6.61 Å². The van der Waals surface area contributed by atoms with Crippen molar-refractivity contribution in [3.05, 3.63) is 65.2 Å². The number of carbonyl (C=O) groups excluding carboxylic acids is 1. The maximum atomic E-state index is 12.1. The molecule has 0 fully saturated rings. The third-order valence-corrected chi connectivity index (χ3v) is 3.61. The van der Waals surface area contributed by atoms with Crippen LogP contribution in [0.25, 0.3) is 0 Å². The van der Waals surface area contributed by atoms with Crippen LogP contribution in [-0.2, 0) is 17.6 Å². The van der Waals surface area contributed by atoms with Crippen LogP contribution in [0.5, 0.6) is 5.75 Å². The van der Waals surface area contributed by atoms with Crippen LogP contribution in [-0.4, -0.2) is 19.1 Å². The van der Waals surface area contributed by atoms with Gasteiger partial charge in [-0.2, -0.15) is 14.0 Å². The van der Waals surface area contributed by atoms with Gasteiger partial charge in [-0.3, -0.25) is 4.79 Å². The third kappa shape index (κ3) is 6.60. The number of ether oxygens (including phenoxy) is 1. The zero-order chi connectivity index (χ0) is 18.1. The van der Waals surface area contributed by atoms with Gasteiger partial charge in [-0.05, 0) is 48.2 Å². The van der Waals surface area contributed by atoms with Crippen molar-refractivity contribution >= 4 is 5.91 Å². The molecule has 0 aliphatic heterocycles. The summed E-state index contributed by atoms with van der Waals surface area (Å²) in [7, 11) is 0. The van der Waals surface area contributed by atoms with Gasteiger partial charge in [0.25, 0.3) is 0 Å². The highest BCUT2D eigenvalue weighted by Crippen LogP contribution is 2.15. The molecule has 0 aliphatic rings. The number of alkyl halides is 2. The van der Waals surface area contributed by atoms with Crippen LogP contribution in [0.3, 0.4) is 0 Å². The van der Waals surface area contributed by atoms with E-state index < -0.39 is 6.61 Å². The molecule has 4 nitrogen and oxygen atoms in total. The Morgan fingerprint density at radius 3 is 2.24 bits per heavy atom. The fraction of sp³-hybridized carbons (Fsp3) is 0.263. The number of hydrogen-bond acceptors (Lipinski definition) is 3. The summed E-state index contributed by atoms with van der Waals surface area (Å²) >= 11 is 0. The minimum Gasteiger partial charge on any atom is -0.435 e. The van der Waals surface area contributed by atoms with Crippen LogP contribution in [0.4, 0.5) is 8.78 Å². The Morgan fingerprint density at radius 2 is 1.64 bits per heavy atom. The smallest absolute Gasteiger partial charge is 0.387 e. The molecule has 6 heteroatoms. The highest BCUT2D eigenvalue weighted by atomic mass is 19.3. The lowest BCUT2D eigenvalue weighted by Gasteiger charge is -2.07. The van der Waals surface area contributed by atoms with Gasteiger partial charge in [-0.25, -0.2) is 0 Å². The van der Waals surface area contributed by atoms with Crippen molar-refractivity contribution in [3.63, 3.8) is 0 Å². The molecule has 25 heavy (non-hydrogen) atoms. The number of rotatable bonds is 8. The molecule has 2 aromatic rings. The van der Waals surface area contributed by atoms with Gasteiger partial charge in [0.15, 0.2) is 0 Å². The standard InChI is InChI=1S/C19H18F2N2O2/c20-19(21)25-17-8-5-15(6-9-17)11-12-23-18(24)10-7-14-1-3-16(13-22)4-2-14/h1-6,8-9,19H,7,10-12H2,(H,23,24). The van der Waals surface area contributed by atoms with Crippen molar-refractivity contribution < 1.29 is 18.3 Å². The summed E-state index contributed by atoms with van der Waals surface area (Å²) in [4.78, 5) is 11.8. The molecule has 0 saturated carbocycles. The van der Waals surface area contributed by atoms with E-state index in [4.69, 9.17) is 5.26 Å². The molecular weight excluding hydrogens is 326 g/mol. The Bertz CT molecular complexity index is 723. The van der Waals surface area contributed by atoms with Crippen LogP contribution in [0, 0.1) is 11.3 Å². The first-order valence-electron chi connectivity index (χ1n) is 7.86. The SMILES string of the molecule is N#Cc1ccc(CCC(=O)NCCc2ccc(OC(F)F)cc2)cc1. The van der Waals surface area contributed by atoms with Gasteiger partial charge in [0.2, 0.25) is 5.91 Å². The van der Waals surface area contributed by atoms with Crippen molar-refractivity contribution in [1.82, 2.24) is 5.32 Å². The van der Waals surface area contributed by atoms with Crippen molar-refractivity contribution in [1.29, 1.82) is 5.26 Å². The highest BCUT2D eigenvalue weighted by molar-refractivity contribution is 5.76. The zero-order valence-electron chi connectivity index (χ0n) is 13.5. The molecule has 0 heterocycles. The minimum absolute atomic E-state index is 0.0537. The first-order valence-corrected chi connectivity index (χ1v) is 7.86. The van der Waals surface area contributed by atoms with E-state index in [0.29, 0.717) is 31.4 Å². The van der Waals surface area contributed by atoms with Crippen LogP contribution < -0.4 is 10.1 Å². The van der Waals surface area contributed by atoms with E-state index in [0.717, 1.165) is 11.1 Å². The lowest BCUT2D eigenvalue weighted by atomic mass is 10.1. The number of carbonyl (C=O) groups is 1. The summed E-state index contributed by atoms with van der Waals surface area (Å²) in [6.07, 6.45) is 1.59. The summed E-state index contributed by atoms with van der Waals surface area (Å²) in [5.74, 6) is 0.0622. The van der Waals surface area contributed by atoms with Crippen molar-refractivity contribution in [2.75, 3.05) is 6.54 Å². The lowest BCUT2D eigenvalue weighted by molar-refractivity contribution is -0.121. The molecular formula is C19H18F2N2O2. The summed E-state index contributed by atoms with van der Waals surface area (Å²) < 4.78 is 28.4. The fourth-order valence-corrected chi connectivity index (χ4v) is 2.28. The monoisotopic (exact) mass is 344 g/mol. The summed E-state index contributed by atoms with van der Waals surface area (Å²) in [6.45, 7) is -2.36. The third-order valence-electron chi connectivity index (χ3n) is 3.61. The average molecular weight is 344 g/mol. The number of nitrogens with one attached hydrogen (secondary N) is 1. The Balaban J connectivity index is 1.68. The van der Waals surface area contributed by atoms with Gasteiger partial charge in [0, 0.05) is 13.0 Å². The molecule has 0 unspecified atom stereocenters. The van der Waals surface area contributed by atoms with E-state index in [-0.39, 0.29) is 11.7 Å². The predicted molar refractivity (Wildman–Crippen MR) is 89.3 cm³/mol. The minimum atomic E-state index is -2.83. The van der Waals surface area contributed by atoms with Gasteiger partial charge in [0.1, 0.15) is 5.75 Å². The first-order chi connectivity index (χ1) is 12.1. The molecule has 2 aromatic carbocycles. The quantitative estimate of drug-likeness (QED) is 0.798. The number of nitriles is 1. The number of halogens is 2. The zero-order valence-corrected chi connectivity index (χ0v) is 13.5. The summed E-state index contributed by atoms with van der Waals surface area (Å²) in [5.41, 5.74) is 2.52. The van der Waals surface area contributed by atoms with E-state index in [2.05, 4.69) is 16.1 Å². The highest BCUT2D eigenvalue weighted by Gasteiger charge is 2.05. The average Bonchev–Trinajstić information content (AvgIpc) is 2.61. The molecule has 1 N–H and O–H groups in total. The first kappa shape index (κ1) is 18.4. The van der Waals surface area contributed by atoms with E-state index in [9.17, 15) is 13.6 Å². The van der Waals surface area contributed by atoms with Gasteiger partial charge in [-0.1, -0.05) is 24.3 Å². The van der Waals surface area contributed by atoms with Crippen molar-refractivity contribution in [2.45, 2.75) is 25.9 Å². The van der Waals surface area contributed by atoms with Crippen LogP contribution in [0.2, 0.25) is 0 Å². The molecule has 0 saturated heterocycles. The molecule has 0 radical (unpaired) electrons. The molecule has 1 amide bonds. The molecule has 0 spiro atoms. The van der Waals surface area contributed by atoms with Crippen LogP contribution >= 0.6 is 0 Å². The summed E-state index contributed by atoms with van der Waals surface area (Å²) in [6, 6.07) is 15.5. The van der Waals surface area contributed by atoms with Crippen molar-refractivity contribution in [2.24, 2.45) is 0 Å². The Morgan fingerprint density at radius 1 is 1.04 bits per heavy atom. The van der Waals surface area contributed by atoms with E-state index in [1.165, 1.54) is 12.1 Å². The maximum Gasteiger partial charge on any atom is 0.387 e. The number of benzene rings is 2. The van der Waals surface area contributed by atoms with E-state index in [1.807, 2.05) is 12.1 Å². The number of amides is 1. The van der Waals surface area contributed by atoms with Crippen LogP contribution in [0.15, 0.2) is 48.5 Å². The van der Waals surface area contributed by atoms with E-state index in [1.54, 1.807) is 24.3 Å². The second-order valence-corrected chi connectivity index (χ2v) is 5.43. The lowest BCUT2D eigenvalue weighted by Crippen LogP contribution is -2.25. The second kappa shape index (κ2) is 9.38. The maximum absolute atomic E-state index is 12.1. The largest absolute Gasteiger partial charge is 0.435 e. The van der Waals surface area contributed by atoms with Gasteiger partial charge in [-0.15, -0.1) is 0 Å². The normalized spacial score (nSPS) is 10.3. The Hall–Kier alpha value is -2.94. The fourth-order valence-electron chi connectivity index (χ4n) is 2.28.